The molecule has 0 N–H and O–H groups in total. The van der Waals surface area contributed by atoms with E-state index in [-0.39, 0.29) is 5.91 Å². The highest BCUT2D eigenvalue weighted by Gasteiger charge is 2.52. The molecule has 2 heterocycles. The molecule has 130 valence electrons. The molecular weight excluding hydrogens is 301 g/mol. The molecule has 1 unspecified atom stereocenters. The van der Waals surface area contributed by atoms with Crippen LogP contribution in [0.25, 0.3) is 0 Å². The molecule has 0 radical (unpaired) electrons. The van der Waals surface area contributed by atoms with Crippen molar-refractivity contribution in [3.05, 3.63) is 29.8 Å². The van der Waals surface area contributed by atoms with E-state index in [2.05, 4.69) is 6.92 Å². The Morgan fingerprint density at radius 2 is 1.79 bits per heavy atom. The van der Waals surface area contributed by atoms with Gasteiger partial charge in [0.15, 0.2) is 0 Å². The average molecular weight is 329 g/mol. The number of carbonyl (C=O) groups is 1. The molecule has 2 aliphatic heterocycles. The zero-order chi connectivity index (χ0) is 17.5. The minimum atomic E-state index is -0.502. The minimum absolute atomic E-state index is 0.0897. The van der Waals surface area contributed by atoms with Gasteiger partial charge < -0.3 is 14.2 Å². The molecule has 3 rings (SSSR count). The van der Waals surface area contributed by atoms with Gasteiger partial charge in [0.2, 0.25) is 0 Å². The maximum atomic E-state index is 13.1. The number of piperidine rings is 1. The quantitative estimate of drug-likeness (QED) is 0.783. The largest absolute Gasteiger partial charge is 0.495 e. The minimum Gasteiger partial charge on any atom is -0.399 e. The van der Waals surface area contributed by atoms with Crippen LogP contribution in [0.15, 0.2) is 24.3 Å². The van der Waals surface area contributed by atoms with E-state index in [1.165, 1.54) is 6.42 Å². The number of carbonyl (C=O) groups excluding carboxylic acids is 1. The molecule has 1 aromatic carbocycles. The Hall–Kier alpha value is -1.33. The molecule has 2 aliphatic rings. The average Bonchev–Trinajstić information content (AvgIpc) is 2.74. The van der Waals surface area contributed by atoms with Gasteiger partial charge in [-0.05, 0) is 58.0 Å². The predicted octanol–water partition coefficient (Wildman–Crippen LogP) is 2.86. The number of benzene rings is 1. The van der Waals surface area contributed by atoms with Gasteiger partial charge in [-0.3, -0.25) is 4.79 Å². The molecule has 2 saturated heterocycles. The Bertz CT molecular complexity index is 613. The van der Waals surface area contributed by atoms with E-state index in [9.17, 15) is 4.79 Å². The number of hydrogen-bond acceptors (Lipinski definition) is 3. The van der Waals surface area contributed by atoms with E-state index in [0.717, 1.165) is 25.0 Å². The molecular formula is C19H28BNO3. The lowest BCUT2D eigenvalue weighted by Crippen LogP contribution is -2.44. The van der Waals surface area contributed by atoms with Crippen molar-refractivity contribution in [1.82, 2.24) is 4.90 Å². The van der Waals surface area contributed by atoms with E-state index < -0.39 is 18.3 Å². The van der Waals surface area contributed by atoms with Crippen molar-refractivity contribution < 1.29 is 14.1 Å². The topological polar surface area (TPSA) is 38.8 Å². The number of nitrogens with zero attached hydrogens (tertiary/aromatic N) is 1. The summed E-state index contributed by atoms with van der Waals surface area (Å²) >= 11 is 0. The highest BCUT2D eigenvalue weighted by molar-refractivity contribution is 6.63. The van der Waals surface area contributed by atoms with Gasteiger partial charge >= 0.3 is 7.12 Å². The predicted molar refractivity (Wildman–Crippen MR) is 96.5 cm³/mol. The fourth-order valence-corrected chi connectivity index (χ4v) is 3.41. The van der Waals surface area contributed by atoms with Crippen LogP contribution in [0.2, 0.25) is 0 Å². The van der Waals surface area contributed by atoms with Crippen molar-refractivity contribution >= 4 is 18.5 Å². The van der Waals surface area contributed by atoms with Crippen molar-refractivity contribution in [2.75, 3.05) is 13.1 Å². The molecule has 1 atom stereocenters. The molecule has 0 aliphatic carbocycles. The van der Waals surface area contributed by atoms with Crippen molar-refractivity contribution in [3.63, 3.8) is 0 Å². The molecule has 0 aromatic heterocycles. The second-order valence-electron chi connectivity index (χ2n) is 8.17. The maximum absolute atomic E-state index is 13.1. The van der Waals surface area contributed by atoms with Crippen LogP contribution in [-0.4, -0.2) is 42.2 Å². The number of rotatable bonds is 2. The normalized spacial score (nSPS) is 25.8. The summed E-state index contributed by atoms with van der Waals surface area (Å²) in [4.78, 5) is 15.0. The Labute approximate surface area is 145 Å². The second kappa shape index (κ2) is 6.19. The standard InChI is InChI=1S/C19H28BNO3/c1-14-9-8-12-21(13-14)17(22)15-10-6-7-11-16(15)20-23-18(2,3)19(4,5)24-20/h6-7,10-11,14H,8-9,12-13H2,1-5H3. The second-order valence-corrected chi connectivity index (χ2v) is 8.17. The SMILES string of the molecule is CC1CCCN(C(=O)c2ccccc2B2OC(C)(C)C(C)(C)O2)C1. The van der Waals surface area contributed by atoms with Gasteiger partial charge in [0.25, 0.3) is 5.91 Å². The van der Waals surface area contributed by atoms with E-state index in [1.807, 2.05) is 56.9 Å². The van der Waals surface area contributed by atoms with Crippen molar-refractivity contribution in [3.8, 4) is 0 Å². The molecule has 0 bridgehead atoms. The fraction of sp³-hybridized carbons (Fsp3) is 0.632. The zero-order valence-electron chi connectivity index (χ0n) is 15.5. The molecule has 4 nitrogen and oxygen atoms in total. The Morgan fingerprint density at radius 1 is 1.17 bits per heavy atom. The third-order valence-electron chi connectivity index (χ3n) is 5.64. The van der Waals surface area contributed by atoms with E-state index >= 15 is 0 Å². The van der Waals surface area contributed by atoms with Gasteiger partial charge in [-0.15, -0.1) is 0 Å². The van der Waals surface area contributed by atoms with Crippen LogP contribution < -0.4 is 5.46 Å². The van der Waals surface area contributed by atoms with Gasteiger partial charge in [0.05, 0.1) is 11.2 Å². The van der Waals surface area contributed by atoms with Crippen LogP contribution in [0, 0.1) is 5.92 Å². The highest BCUT2D eigenvalue weighted by atomic mass is 16.7. The smallest absolute Gasteiger partial charge is 0.399 e. The summed E-state index contributed by atoms with van der Waals surface area (Å²) in [7, 11) is -0.502. The lowest BCUT2D eigenvalue weighted by Gasteiger charge is -2.32. The van der Waals surface area contributed by atoms with Crippen LogP contribution in [-0.2, 0) is 9.31 Å². The summed E-state index contributed by atoms with van der Waals surface area (Å²) in [6.45, 7) is 12.0. The zero-order valence-corrected chi connectivity index (χ0v) is 15.5. The third kappa shape index (κ3) is 3.12. The van der Waals surface area contributed by atoms with Crippen LogP contribution in [0.5, 0.6) is 0 Å². The Kier molecular flexibility index (Phi) is 4.52. The summed E-state index contributed by atoms with van der Waals surface area (Å²) in [5.74, 6) is 0.651. The summed E-state index contributed by atoms with van der Waals surface area (Å²) < 4.78 is 12.3. The fourth-order valence-electron chi connectivity index (χ4n) is 3.41. The van der Waals surface area contributed by atoms with Crippen LogP contribution >= 0.6 is 0 Å². The third-order valence-corrected chi connectivity index (χ3v) is 5.64. The lowest BCUT2D eigenvalue weighted by atomic mass is 9.75. The first-order chi connectivity index (χ1) is 11.2. The van der Waals surface area contributed by atoms with Crippen molar-refractivity contribution in [2.24, 2.45) is 5.92 Å². The van der Waals surface area contributed by atoms with Crippen LogP contribution in [0.3, 0.4) is 0 Å². The van der Waals surface area contributed by atoms with E-state index in [0.29, 0.717) is 11.5 Å². The van der Waals surface area contributed by atoms with Gasteiger partial charge in [-0.1, -0.05) is 25.1 Å². The first kappa shape index (κ1) is 17.5. The summed E-state index contributed by atoms with van der Waals surface area (Å²) in [5, 5.41) is 0. The molecule has 0 saturated carbocycles. The van der Waals surface area contributed by atoms with Gasteiger partial charge in [0.1, 0.15) is 0 Å². The number of hydrogen-bond donors (Lipinski definition) is 0. The van der Waals surface area contributed by atoms with Gasteiger partial charge in [-0.2, -0.15) is 0 Å². The van der Waals surface area contributed by atoms with Gasteiger partial charge in [-0.25, -0.2) is 0 Å². The molecule has 0 spiro atoms. The van der Waals surface area contributed by atoms with Crippen LogP contribution in [0.4, 0.5) is 0 Å². The highest BCUT2D eigenvalue weighted by Crippen LogP contribution is 2.36. The number of likely N-dealkylation sites (tertiary alicyclic amines) is 1. The van der Waals surface area contributed by atoms with Crippen LogP contribution in [0.1, 0.15) is 57.8 Å². The Morgan fingerprint density at radius 3 is 2.42 bits per heavy atom. The molecule has 1 amide bonds. The monoisotopic (exact) mass is 329 g/mol. The first-order valence-corrected chi connectivity index (χ1v) is 8.95. The van der Waals surface area contributed by atoms with Crippen molar-refractivity contribution in [2.45, 2.75) is 58.7 Å². The first-order valence-electron chi connectivity index (χ1n) is 8.95. The molecule has 1 aromatic rings. The number of amides is 1. The lowest BCUT2D eigenvalue weighted by molar-refractivity contribution is 0.00578. The molecule has 2 fully saturated rings. The summed E-state index contributed by atoms with van der Waals surface area (Å²) in [5.41, 5.74) is 0.713. The molecule has 24 heavy (non-hydrogen) atoms. The van der Waals surface area contributed by atoms with Crippen molar-refractivity contribution in [1.29, 1.82) is 0 Å². The van der Waals surface area contributed by atoms with E-state index in [4.69, 9.17) is 9.31 Å². The Balaban J connectivity index is 1.88. The maximum Gasteiger partial charge on any atom is 0.495 e. The van der Waals surface area contributed by atoms with E-state index in [1.54, 1.807) is 0 Å². The summed E-state index contributed by atoms with van der Waals surface area (Å²) in [6, 6.07) is 7.69. The van der Waals surface area contributed by atoms with Gasteiger partial charge in [0, 0.05) is 18.7 Å². The molecule has 5 heteroatoms. The summed E-state index contributed by atoms with van der Waals surface area (Å²) in [6.07, 6.45) is 2.27.